The number of aromatic nitrogens is 1. The zero-order valence-electron chi connectivity index (χ0n) is 6.62. The molecule has 0 spiro atoms. The van der Waals surface area contributed by atoms with Crippen LogP contribution in [-0.4, -0.2) is 11.5 Å². The molecule has 0 aromatic carbocycles. The van der Waals surface area contributed by atoms with E-state index >= 15 is 0 Å². The van der Waals surface area contributed by atoms with Gasteiger partial charge in [-0.25, -0.2) is 0 Å². The predicted molar refractivity (Wildman–Crippen MR) is 47.4 cm³/mol. The van der Waals surface area contributed by atoms with Gasteiger partial charge in [0.05, 0.1) is 30.1 Å². The molecule has 1 aromatic heterocycles. The van der Waals surface area contributed by atoms with E-state index in [0.29, 0.717) is 18.7 Å². The summed E-state index contributed by atoms with van der Waals surface area (Å²) in [6.45, 7) is 0.616. The number of nitrogen functional groups attached to an aromatic ring is 1. The Balaban J connectivity index is 2.53. The van der Waals surface area contributed by atoms with E-state index in [1.54, 1.807) is 18.5 Å². The summed E-state index contributed by atoms with van der Waals surface area (Å²) in [4.78, 5) is 3.84. The van der Waals surface area contributed by atoms with E-state index in [9.17, 15) is 0 Å². The molecule has 62 valence electrons. The summed E-state index contributed by atoms with van der Waals surface area (Å²) in [7, 11) is 0. The highest BCUT2D eigenvalue weighted by atomic mass is 14.9. The third-order valence-corrected chi connectivity index (χ3v) is 1.40. The molecule has 0 aliphatic heterocycles. The molecule has 0 amide bonds. The number of anilines is 2. The van der Waals surface area contributed by atoms with E-state index < -0.39 is 0 Å². The highest BCUT2D eigenvalue weighted by molar-refractivity contribution is 5.64. The average molecular weight is 162 g/mol. The fraction of sp³-hybridized carbons (Fsp3) is 0.250. The maximum absolute atomic E-state index is 8.28. The first kappa shape index (κ1) is 8.34. The third kappa shape index (κ3) is 2.13. The SMILES string of the molecule is N#CCCNc1ccncc1N. The molecular formula is C8H10N4. The van der Waals surface area contributed by atoms with Crippen molar-refractivity contribution >= 4 is 11.4 Å². The smallest absolute Gasteiger partial charge is 0.0736 e. The molecule has 4 heteroatoms. The first-order valence-electron chi connectivity index (χ1n) is 3.65. The van der Waals surface area contributed by atoms with E-state index in [0.717, 1.165) is 5.69 Å². The first-order chi connectivity index (χ1) is 5.84. The molecule has 4 nitrogen and oxygen atoms in total. The van der Waals surface area contributed by atoms with Gasteiger partial charge in [-0.3, -0.25) is 4.98 Å². The van der Waals surface area contributed by atoms with Crippen molar-refractivity contribution in [2.24, 2.45) is 0 Å². The largest absolute Gasteiger partial charge is 0.396 e. The summed E-state index contributed by atoms with van der Waals surface area (Å²) < 4.78 is 0. The van der Waals surface area contributed by atoms with Crippen molar-refractivity contribution in [3.63, 3.8) is 0 Å². The molecule has 0 unspecified atom stereocenters. The minimum absolute atomic E-state index is 0.474. The number of nitriles is 1. The van der Waals surface area contributed by atoms with Crippen LogP contribution in [0.5, 0.6) is 0 Å². The lowest BCUT2D eigenvalue weighted by Crippen LogP contribution is -2.03. The van der Waals surface area contributed by atoms with Gasteiger partial charge in [0.1, 0.15) is 0 Å². The second kappa shape index (κ2) is 4.19. The summed E-state index contributed by atoms with van der Waals surface area (Å²) in [5.74, 6) is 0. The van der Waals surface area contributed by atoms with Crippen molar-refractivity contribution < 1.29 is 0 Å². The summed E-state index contributed by atoms with van der Waals surface area (Å²) >= 11 is 0. The minimum Gasteiger partial charge on any atom is -0.396 e. The van der Waals surface area contributed by atoms with Crippen LogP contribution < -0.4 is 11.1 Å². The van der Waals surface area contributed by atoms with Crippen LogP contribution in [-0.2, 0) is 0 Å². The van der Waals surface area contributed by atoms with Crippen LogP contribution in [0.25, 0.3) is 0 Å². The van der Waals surface area contributed by atoms with Crippen LogP contribution in [0.1, 0.15) is 6.42 Å². The Morgan fingerprint density at radius 1 is 1.67 bits per heavy atom. The van der Waals surface area contributed by atoms with E-state index in [1.807, 2.05) is 6.07 Å². The van der Waals surface area contributed by atoms with Gasteiger partial charge in [-0.05, 0) is 6.07 Å². The third-order valence-electron chi connectivity index (χ3n) is 1.40. The Kier molecular flexibility index (Phi) is 2.91. The zero-order chi connectivity index (χ0) is 8.81. The van der Waals surface area contributed by atoms with Crippen LogP contribution in [0.2, 0.25) is 0 Å². The van der Waals surface area contributed by atoms with E-state index in [1.165, 1.54) is 0 Å². The molecule has 0 aliphatic carbocycles. The van der Waals surface area contributed by atoms with Crippen LogP contribution in [0, 0.1) is 11.3 Å². The molecule has 0 aliphatic rings. The molecule has 0 atom stereocenters. The van der Waals surface area contributed by atoms with Crippen LogP contribution >= 0.6 is 0 Å². The molecule has 0 saturated carbocycles. The average Bonchev–Trinajstić information content (AvgIpc) is 2.09. The molecule has 1 heterocycles. The van der Waals surface area contributed by atoms with Crippen LogP contribution in [0.15, 0.2) is 18.5 Å². The van der Waals surface area contributed by atoms with Gasteiger partial charge in [-0.1, -0.05) is 0 Å². The number of rotatable bonds is 3. The molecule has 12 heavy (non-hydrogen) atoms. The number of hydrogen-bond acceptors (Lipinski definition) is 4. The van der Waals surface area contributed by atoms with Gasteiger partial charge in [0.25, 0.3) is 0 Å². The van der Waals surface area contributed by atoms with Crippen molar-refractivity contribution in [1.82, 2.24) is 4.98 Å². The number of nitrogens with zero attached hydrogens (tertiary/aromatic N) is 2. The minimum atomic E-state index is 0.474. The molecule has 0 radical (unpaired) electrons. The van der Waals surface area contributed by atoms with E-state index in [2.05, 4.69) is 10.3 Å². The van der Waals surface area contributed by atoms with E-state index in [4.69, 9.17) is 11.0 Å². The molecular weight excluding hydrogens is 152 g/mol. The Hall–Kier alpha value is -1.76. The molecule has 0 bridgehead atoms. The maximum Gasteiger partial charge on any atom is 0.0736 e. The number of hydrogen-bond donors (Lipinski definition) is 2. The van der Waals surface area contributed by atoms with Gasteiger partial charge in [-0.2, -0.15) is 5.26 Å². The summed E-state index contributed by atoms with van der Waals surface area (Å²) in [6.07, 6.45) is 3.71. The highest BCUT2D eigenvalue weighted by Gasteiger charge is 1.94. The summed E-state index contributed by atoms with van der Waals surface area (Å²) in [5, 5.41) is 11.3. The second-order valence-electron chi connectivity index (χ2n) is 2.30. The first-order valence-corrected chi connectivity index (χ1v) is 3.65. The van der Waals surface area contributed by atoms with Crippen molar-refractivity contribution in [3.8, 4) is 6.07 Å². The Labute approximate surface area is 71.0 Å². The van der Waals surface area contributed by atoms with Crippen LogP contribution in [0.4, 0.5) is 11.4 Å². The Bertz CT molecular complexity index is 289. The zero-order valence-corrected chi connectivity index (χ0v) is 6.62. The highest BCUT2D eigenvalue weighted by Crippen LogP contribution is 2.14. The van der Waals surface area contributed by atoms with Crippen molar-refractivity contribution in [1.29, 1.82) is 5.26 Å². The lowest BCUT2D eigenvalue weighted by molar-refractivity contribution is 1.07. The van der Waals surface area contributed by atoms with Gasteiger partial charge in [0.2, 0.25) is 0 Å². The topological polar surface area (TPSA) is 74.7 Å². The summed E-state index contributed by atoms with van der Waals surface area (Å²) in [6, 6.07) is 3.82. The van der Waals surface area contributed by atoms with Gasteiger partial charge in [0.15, 0.2) is 0 Å². The van der Waals surface area contributed by atoms with Crippen molar-refractivity contribution in [2.45, 2.75) is 6.42 Å². The number of pyridine rings is 1. The Morgan fingerprint density at radius 3 is 3.17 bits per heavy atom. The molecule has 3 N–H and O–H groups in total. The quantitative estimate of drug-likeness (QED) is 0.650. The molecule has 1 aromatic rings. The molecule has 0 saturated heterocycles. The van der Waals surface area contributed by atoms with Crippen LogP contribution in [0.3, 0.4) is 0 Å². The van der Waals surface area contributed by atoms with Gasteiger partial charge >= 0.3 is 0 Å². The van der Waals surface area contributed by atoms with Gasteiger partial charge < -0.3 is 11.1 Å². The Morgan fingerprint density at radius 2 is 2.50 bits per heavy atom. The maximum atomic E-state index is 8.28. The predicted octanol–water partition coefficient (Wildman–Crippen LogP) is 0.989. The summed E-state index contributed by atoms with van der Waals surface area (Å²) in [5.41, 5.74) is 7.04. The molecule has 1 rings (SSSR count). The standard InChI is InChI=1S/C8H10N4/c9-3-1-4-12-8-2-5-11-6-7(8)10/h2,5-6H,1,4,10H2,(H,11,12). The number of nitrogens with one attached hydrogen (secondary N) is 1. The van der Waals surface area contributed by atoms with Crippen molar-refractivity contribution in [3.05, 3.63) is 18.5 Å². The molecule has 0 fully saturated rings. The van der Waals surface area contributed by atoms with Gasteiger partial charge in [-0.15, -0.1) is 0 Å². The fourth-order valence-corrected chi connectivity index (χ4v) is 0.821. The lowest BCUT2D eigenvalue weighted by Gasteiger charge is -2.05. The normalized spacial score (nSPS) is 8.92. The second-order valence-corrected chi connectivity index (χ2v) is 2.30. The fourth-order valence-electron chi connectivity index (χ4n) is 0.821. The monoisotopic (exact) mass is 162 g/mol. The van der Waals surface area contributed by atoms with Gasteiger partial charge in [0, 0.05) is 12.7 Å². The van der Waals surface area contributed by atoms with Crippen molar-refractivity contribution in [2.75, 3.05) is 17.6 Å². The lowest BCUT2D eigenvalue weighted by atomic mass is 10.3. The van der Waals surface area contributed by atoms with E-state index in [-0.39, 0.29) is 0 Å². The number of nitrogens with two attached hydrogens (primary N) is 1.